The molecule has 11 heteroatoms. The fourth-order valence-corrected chi connectivity index (χ4v) is 6.92. The average molecular weight is 713 g/mol. The lowest BCUT2D eigenvalue weighted by Crippen LogP contribution is -2.51. The van der Waals surface area contributed by atoms with Crippen molar-refractivity contribution in [3.63, 3.8) is 0 Å². The lowest BCUT2D eigenvalue weighted by atomic mass is 9.88. The molecule has 1 aromatic rings. The first-order chi connectivity index (χ1) is 24.1. The number of nitrogens with zero attached hydrogens (tertiary/aromatic N) is 2. The number of epoxide rings is 1. The number of allylic oxidation sites excluding steroid dienone is 2. The Morgan fingerprint density at radius 3 is 2.53 bits per heavy atom. The monoisotopic (exact) mass is 712 g/mol. The van der Waals surface area contributed by atoms with Crippen molar-refractivity contribution >= 4 is 12.1 Å². The number of hydrogen-bond donors (Lipinski definition) is 4. The highest BCUT2D eigenvalue weighted by Crippen LogP contribution is 2.37. The van der Waals surface area contributed by atoms with Crippen LogP contribution in [0.2, 0.25) is 0 Å². The number of benzene rings is 1. The summed E-state index contributed by atoms with van der Waals surface area (Å²) in [6.45, 7) is 14.0. The highest BCUT2D eigenvalue weighted by molar-refractivity contribution is 5.70. The molecule has 11 nitrogen and oxygen atoms in total. The average Bonchev–Trinajstić information content (AvgIpc) is 3.85. The summed E-state index contributed by atoms with van der Waals surface area (Å²) >= 11 is 0. The van der Waals surface area contributed by atoms with Crippen LogP contribution < -0.4 is 0 Å². The molecule has 284 valence electrons. The SMILES string of the molecule is CCC(O)C(C)C1OC1CC(C)(O)/C=C/C=C(\C)C1OC(=O)CC(O)CCC(C)(O)C(OC(=O)N2CCN(Cc3ccccc3)CC2)/C=C\C1C. The third-order valence-corrected chi connectivity index (χ3v) is 10.5. The third kappa shape index (κ3) is 12.3. The first-order valence-electron chi connectivity index (χ1n) is 18.5. The second-order valence-electron chi connectivity index (χ2n) is 15.3. The van der Waals surface area contributed by atoms with Gasteiger partial charge in [0.25, 0.3) is 0 Å². The predicted octanol–water partition coefficient (Wildman–Crippen LogP) is 4.53. The summed E-state index contributed by atoms with van der Waals surface area (Å²) in [7, 11) is 0. The summed E-state index contributed by atoms with van der Waals surface area (Å²) < 4.78 is 17.6. The topological polar surface area (TPSA) is 153 Å². The number of amides is 1. The quantitative estimate of drug-likeness (QED) is 0.112. The first-order valence-corrected chi connectivity index (χ1v) is 18.5. The molecule has 3 aliphatic rings. The van der Waals surface area contributed by atoms with Crippen molar-refractivity contribution in [2.24, 2.45) is 11.8 Å². The van der Waals surface area contributed by atoms with Crippen LogP contribution in [0.25, 0.3) is 0 Å². The van der Waals surface area contributed by atoms with E-state index < -0.39 is 47.7 Å². The summed E-state index contributed by atoms with van der Waals surface area (Å²) in [4.78, 5) is 30.2. The summed E-state index contributed by atoms with van der Waals surface area (Å²) in [6, 6.07) is 10.2. The number of aliphatic hydroxyl groups is 4. The van der Waals surface area contributed by atoms with E-state index in [0.717, 1.165) is 6.54 Å². The van der Waals surface area contributed by atoms with E-state index >= 15 is 0 Å². The molecule has 1 aromatic carbocycles. The molecule has 51 heavy (non-hydrogen) atoms. The van der Waals surface area contributed by atoms with Crippen molar-refractivity contribution in [1.82, 2.24) is 9.80 Å². The maximum Gasteiger partial charge on any atom is 0.410 e. The first kappa shape index (κ1) is 40.7. The van der Waals surface area contributed by atoms with Gasteiger partial charge >= 0.3 is 12.1 Å². The van der Waals surface area contributed by atoms with Crippen molar-refractivity contribution in [2.75, 3.05) is 26.2 Å². The van der Waals surface area contributed by atoms with Crippen LogP contribution in [0, 0.1) is 11.8 Å². The standard InChI is InChI=1S/C40H60N2O9/c1-7-32(44)29(4)37-33(49-37)25-39(5,47)18-11-12-27(2)36-28(3)15-16-34(40(6,48)19-17-31(43)24-35(45)51-36)50-38(46)42-22-20-41(21-23-42)26-30-13-9-8-10-14-30/h8-16,18,28-29,31-34,36-37,43-44,47-48H,7,17,19-26H2,1-6H3/b16-15-,18-11+,27-12+. The second kappa shape index (κ2) is 18.1. The van der Waals surface area contributed by atoms with Gasteiger partial charge in [-0.1, -0.05) is 75.4 Å². The van der Waals surface area contributed by atoms with Gasteiger partial charge in [0.15, 0.2) is 6.10 Å². The van der Waals surface area contributed by atoms with Crippen LogP contribution in [-0.2, 0) is 25.5 Å². The fourth-order valence-electron chi connectivity index (χ4n) is 6.92. The molecule has 0 bridgehead atoms. The molecule has 2 fully saturated rings. The zero-order valence-corrected chi connectivity index (χ0v) is 31.2. The van der Waals surface area contributed by atoms with E-state index in [1.165, 1.54) is 5.56 Å². The minimum absolute atomic E-state index is 0.0153. The number of piperazine rings is 1. The summed E-state index contributed by atoms with van der Waals surface area (Å²) in [5.74, 6) is -0.967. The maximum atomic E-state index is 13.4. The van der Waals surface area contributed by atoms with Crippen LogP contribution in [0.4, 0.5) is 4.79 Å². The predicted molar refractivity (Wildman–Crippen MR) is 194 cm³/mol. The van der Waals surface area contributed by atoms with E-state index in [9.17, 15) is 30.0 Å². The van der Waals surface area contributed by atoms with Gasteiger partial charge in [0.2, 0.25) is 0 Å². The van der Waals surface area contributed by atoms with Crippen LogP contribution >= 0.6 is 0 Å². The molecular weight excluding hydrogens is 652 g/mol. The molecule has 0 aromatic heterocycles. The highest BCUT2D eigenvalue weighted by Gasteiger charge is 2.47. The van der Waals surface area contributed by atoms with Gasteiger partial charge < -0.3 is 39.5 Å². The molecule has 0 aliphatic carbocycles. The number of carbonyl (C=O) groups excluding carboxylic acids is 2. The van der Waals surface area contributed by atoms with Gasteiger partial charge in [0.1, 0.15) is 11.7 Å². The molecule has 3 aliphatic heterocycles. The lowest BCUT2D eigenvalue weighted by molar-refractivity contribution is -0.151. The molecule has 1 amide bonds. The van der Waals surface area contributed by atoms with Crippen molar-refractivity contribution in [3.05, 3.63) is 71.8 Å². The van der Waals surface area contributed by atoms with Gasteiger partial charge in [-0.3, -0.25) is 9.69 Å². The van der Waals surface area contributed by atoms with Gasteiger partial charge in [-0.05, 0) is 57.2 Å². The largest absolute Gasteiger partial charge is 0.457 e. The number of aliphatic hydroxyl groups excluding tert-OH is 2. The van der Waals surface area contributed by atoms with Crippen LogP contribution in [0.5, 0.6) is 0 Å². The van der Waals surface area contributed by atoms with Gasteiger partial charge in [0, 0.05) is 51.0 Å². The second-order valence-corrected chi connectivity index (χ2v) is 15.3. The van der Waals surface area contributed by atoms with Crippen LogP contribution in [0.1, 0.15) is 79.2 Å². The smallest absolute Gasteiger partial charge is 0.410 e. The molecule has 4 rings (SSSR count). The van der Waals surface area contributed by atoms with Crippen molar-refractivity contribution in [3.8, 4) is 0 Å². The molecular formula is C40H60N2O9. The Hall–Kier alpha value is -3.06. The number of ether oxygens (including phenoxy) is 3. The number of esters is 1. The van der Waals surface area contributed by atoms with E-state index in [2.05, 4.69) is 17.0 Å². The number of carbonyl (C=O) groups is 2. The van der Waals surface area contributed by atoms with Gasteiger partial charge in [-0.15, -0.1) is 0 Å². The molecule has 2 saturated heterocycles. The van der Waals surface area contributed by atoms with Crippen molar-refractivity contribution in [1.29, 1.82) is 0 Å². The van der Waals surface area contributed by atoms with Gasteiger partial charge in [-0.25, -0.2) is 4.79 Å². The van der Waals surface area contributed by atoms with Gasteiger partial charge in [-0.2, -0.15) is 0 Å². The van der Waals surface area contributed by atoms with Crippen molar-refractivity contribution in [2.45, 2.75) is 128 Å². The van der Waals surface area contributed by atoms with Crippen molar-refractivity contribution < 1.29 is 44.2 Å². The van der Waals surface area contributed by atoms with E-state index in [4.69, 9.17) is 14.2 Å². The highest BCUT2D eigenvalue weighted by atomic mass is 16.6. The zero-order valence-electron chi connectivity index (χ0n) is 31.2. The third-order valence-electron chi connectivity index (χ3n) is 10.5. The molecule has 0 spiro atoms. The number of cyclic esters (lactones) is 1. The molecule has 0 radical (unpaired) electrons. The number of rotatable bonds is 11. The van der Waals surface area contributed by atoms with E-state index in [1.807, 2.05) is 45.9 Å². The Balaban J connectivity index is 1.42. The maximum absolute atomic E-state index is 13.4. The molecule has 3 heterocycles. The molecule has 10 unspecified atom stereocenters. The summed E-state index contributed by atoms with van der Waals surface area (Å²) in [5.41, 5.74) is -0.750. The Labute approximate surface area is 303 Å². The van der Waals surface area contributed by atoms with Crippen LogP contribution in [0.3, 0.4) is 0 Å². The fraction of sp³-hybridized carbons (Fsp3) is 0.650. The normalized spacial score (nSPS) is 32.9. The Morgan fingerprint density at radius 1 is 1.18 bits per heavy atom. The molecule has 10 atom stereocenters. The Morgan fingerprint density at radius 2 is 1.86 bits per heavy atom. The summed E-state index contributed by atoms with van der Waals surface area (Å²) in [5, 5.41) is 43.4. The van der Waals surface area contributed by atoms with E-state index in [0.29, 0.717) is 44.6 Å². The minimum atomic E-state index is -1.50. The zero-order chi connectivity index (χ0) is 37.3. The van der Waals surface area contributed by atoms with Crippen LogP contribution in [0.15, 0.2) is 66.3 Å². The number of hydrogen-bond acceptors (Lipinski definition) is 10. The lowest BCUT2D eigenvalue weighted by Gasteiger charge is -2.37. The Bertz CT molecular complexity index is 1370. The van der Waals surface area contributed by atoms with E-state index in [-0.39, 0.29) is 43.3 Å². The Kier molecular flexibility index (Phi) is 14.5. The molecule has 4 N–H and O–H groups in total. The van der Waals surface area contributed by atoms with Gasteiger partial charge in [0.05, 0.1) is 36.4 Å². The summed E-state index contributed by atoms with van der Waals surface area (Å²) in [6.07, 6.45) is 5.62. The molecule has 0 saturated carbocycles. The van der Waals surface area contributed by atoms with Crippen LogP contribution in [-0.4, -0.2) is 116 Å². The van der Waals surface area contributed by atoms with E-state index in [1.54, 1.807) is 49.1 Å². The minimum Gasteiger partial charge on any atom is -0.457 e.